The van der Waals surface area contributed by atoms with E-state index in [4.69, 9.17) is 30.8 Å². The first-order chi connectivity index (χ1) is 19.7. The van der Waals surface area contributed by atoms with Crippen LogP contribution in [0.3, 0.4) is 0 Å². The van der Waals surface area contributed by atoms with E-state index >= 15 is 0 Å². The molecule has 41 heavy (non-hydrogen) atoms. The van der Waals surface area contributed by atoms with Gasteiger partial charge in [-0.05, 0) is 87.6 Å². The number of aliphatic imine (C=N–C) groups is 1. The molecule has 0 radical (unpaired) electrons. The third-order valence-corrected chi connectivity index (χ3v) is 8.39. The van der Waals surface area contributed by atoms with E-state index in [9.17, 15) is 9.90 Å². The second-order valence-corrected chi connectivity index (χ2v) is 11.8. The first kappa shape index (κ1) is 29.4. The predicted molar refractivity (Wildman–Crippen MR) is 162 cm³/mol. The fourth-order valence-corrected chi connectivity index (χ4v) is 5.90. The van der Waals surface area contributed by atoms with Crippen molar-refractivity contribution in [1.29, 1.82) is 0 Å². The van der Waals surface area contributed by atoms with Crippen LogP contribution in [0.5, 0.6) is 11.5 Å². The van der Waals surface area contributed by atoms with Crippen molar-refractivity contribution >= 4 is 29.4 Å². The van der Waals surface area contributed by atoms with Crippen molar-refractivity contribution in [3.05, 3.63) is 76.8 Å². The molecule has 0 bridgehead atoms. The number of esters is 1. The number of dihydropyridines is 1. The van der Waals surface area contributed by atoms with E-state index in [1.807, 2.05) is 54.8 Å². The topological polar surface area (TPSA) is 80.6 Å². The number of hydrogen-bond donors (Lipinski definition) is 1. The van der Waals surface area contributed by atoms with Gasteiger partial charge in [-0.3, -0.25) is 4.99 Å². The van der Waals surface area contributed by atoms with E-state index in [2.05, 4.69) is 17.1 Å². The summed E-state index contributed by atoms with van der Waals surface area (Å²) >= 11 is 6.05. The SMILES string of the molecule is CCOC(=O)C(C)(C)Oc1ccc2c(c1)C(=CCCN1CCC(O)(c3ccc(Cl)cc3)CC1)C1C=CC=NC1CO2. The van der Waals surface area contributed by atoms with Crippen molar-refractivity contribution in [2.24, 2.45) is 10.9 Å². The molecule has 8 heteroatoms. The number of fused-ring (bicyclic) bond motifs is 2. The van der Waals surface area contributed by atoms with E-state index in [-0.39, 0.29) is 12.0 Å². The van der Waals surface area contributed by atoms with Crippen LogP contribution >= 0.6 is 11.6 Å². The Morgan fingerprint density at radius 3 is 2.71 bits per heavy atom. The first-order valence-corrected chi connectivity index (χ1v) is 14.8. The highest BCUT2D eigenvalue weighted by Crippen LogP contribution is 2.41. The van der Waals surface area contributed by atoms with Gasteiger partial charge in [0.2, 0.25) is 0 Å². The molecule has 2 aromatic rings. The molecule has 0 amide bonds. The van der Waals surface area contributed by atoms with Crippen molar-refractivity contribution in [2.45, 2.75) is 57.3 Å². The van der Waals surface area contributed by atoms with Crippen LogP contribution in [0, 0.1) is 5.92 Å². The van der Waals surface area contributed by atoms with Gasteiger partial charge in [-0.25, -0.2) is 4.79 Å². The monoisotopic (exact) mass is 578 g/mol. The molecule has 2 unspecified atom stereocenters. The van der Waals surface area contributed by atoms with E-state index in [1.54, 1.807) is 20.8 Å². The van der Waals surface area contributed by atoms with Gasteiger partial charge in [-0.1, -0.05) is 35.9 Å². The van der Waals surface area contributed by atoms with Crippen molar-refractivity contribution in [2.75, 3.05) is 32.8 Å². The molecule has 3 heterocycles. The number of hydrogen-bond acceptors (Lipinski definition) is 7. The van der Waals surface area contributed by atoms with E-state index in [0.29, 0.717) is 36.8 Å². The lowest BCUT2D eigenvalue weighted by atomic mass is 9.84. The Morgan fingerprint density at radius 1 is 1.22 bits per heavy atom. The van der Waals surface area contributed by atoms with Crippen LogP contribution in [0.2, 0.25) is 5.02 Å². The summed E-state index contributed by atoms with van der Waals surface area (Å²) in [6, 6.07) is 13.2. The molecule has 5 rings (SSSR count). The largest absolute Gasteiger partial charge is 0.491 e. The molecule has 1 N–H and O–H groups in total. The van der Waals surface area contributed by atoms with E-state index in [1.165, 1.54) is 0 Å². The van der Waals surface area contributed by atoms with Crippen LogP contribution < -0.4 is 9.47 Å². The van der Waals surface area contributed by atoms with Gasteiger partial charge in [0.25, 0.3) is 0 Å². The smallest absolute Gasteiger partial charge is 0.349 e. The minimum atomic E-state index is -1.13. The van der Waals surface area contributed by atoms with Gasteiger partial charge in [-0.2, -0.15) is 0 Å². The zero-order chi connectivity index (χ0) is 29.0. The Morgan fingerprint density at radius 2 is 1.98 bits per heavy atom. The summed E-state index contributed by atoms with van der Waals surface area (Å²) in [5, 5.41) is 11.9. The van der Waals surface area contributed by atoms with Gasteiger partial charge in [0.1, 0.15) is 18.1 Å². The fourth-order valence-electron chi connectivity index (χ4n) is 5.77. The molecule has 218 valence electrons. The number of likely N-dealkylation sites (tertiary alicyclic amines) is 1. The zero-order valence-electron chi connectivity index (χ0n) is 24.0. The lowest BCUT2D eigenvalue weighted by Gasteiger charge is -2.38. The minimum Gasteiger partial charge on any atom is -0.491 e. The maximum absolute atomic E-state index is 12.5. The highest BCUT2D eigenvalue weighted by Gasteiger charge is 2.35. The predicted octanol–water partition coefficient (Wildman–Crippen LogP) is 5.84. The summed E-state index contributed by atoms with van der Waals surface area (Å²) in [5.74, 6) is 1.03. The maximum Gasteiger partial charge on any atom is 0.349 e. The summed E-state index contributed by atoms with van der Waals surface area (Å²) in [7, 11) is 0. The molecule has 0 aliphatic carbocycles. The van der Waals surface area contributed by atoms with Crippen LogP contribution in [0.25, 0.3) is 5.57 Å². The summed E-state index contributed by atoms with van der Waals surface area (Å²) in [5.41, 5.74) is 1.08. The number of piperidine rings is 1. The third-order valence-electron chi connectivity index (χ3n) is 8.14. The molecule has 1 fully saturated rings. The summed E-state index contributed by atoms with van der Waals surface area (Å²) in [6.45, 7) is 8.51. The number of benzene rings is 2. The lowest BCUT2D eigenvalue weighted by Crippen LogP contribution is -2.42. The third kappa shape index (κ3) is 6.69. The lowest BCUT2D eigenvalue weighted by molar-refractivity contribution is -0.158. The Balaban J connectivity index is 1.32. The number of ether oxygens (including phenoxy) is 3. The normalized spacial score (nSPS) is 22.8. The second-order valence-electron chi connectivity index (χ2n) is 11.4. The summed E-state index contributed by atoms with van der Waals surface area (Å²) in [4.78, 5) is 19.6. The van der Waals surface area contributed by atoms with Crippen molar-refractivity contribution in [3.63, 3.8) is 0 Å². The van der Waals surface area contributed by atoms with E-state index < -0.39 is 17.2 Å². The average Bonchev–Trinajstić information content (AvgIpc) is 3.11. The number of carbonyl (C=O) groups excluding carboxylic acids is 1. The molecule has 1 saturated heterocycles. The maximum atomic E-state index is 12.5. The molecule has 2 aromatic carbocycles. The Kier molecular flexibility index (Phi) is 8.88. The highest BCUT2D eigenvalue weighted by atomic mass is 35.5. The van der Waals surface area contributed by atoms with Gasteiger partial charge >= 0.3 is 5.97 Å². The van der Waals surface area contributed by atoms with Gasteiger partial charge in [0, 0.05) is 42.4 Å². The number of aliphatic hydroxyl groups is 1. The van der Waals surface area contributed by atoms with E-state index in [0.717, 1.165) is 48.5 Å². The molecule has 7 nitrogen and oxygen atoms in total. The first-order valence-electron chi connectivity index (χ1n) is 14.4. The number of nitrogens with zero attached hydrogens (tertiary/aromatic N) is 2. The van der Waals surface area contributed by atoms with Crippen molar-refractivity contribution in [1.82, 2.24) is 4.90 Å². The molecular weight excluding hydrogens is 540 g/mol. The van der Waals surface area contributed by atoms with Crippen LogP contribution in [0.1, 0.15) is 51.2 Å². The van der Waals surface area contributed by atoms with Gasteiger partial charge in [0.05, 0.1) is 18.2 Å². The zero-order valence-corrected chi connectivity index (χ0v) is 24.8. The quantitative estimate of drug-likeness (QED) is 0.397. The average molecular weight is 579 g/mol. The molecule has 3 aliphatic rings. The summed E-state index contributed by atoms with van der Waals surface area (Å²) < 4.78 is 17.5. The van der Waals surface area contributed by atoms with Crippen LogP contribution in [-0.2, 0) is 15.1 Å². The Hall–Kier alpha value is -3.13. The highest BCUT2D eigenvalue weighted by molar-refractivity contribution is 6.30. The number of carbonyl (C=O) groups is 1. The van der Waals surface area contributed by atoms with Crippen LogP contribution in [0.15, 0.2) is 65.7 Å². The molecular formula is C33H39ClN2O5. The summed E-state index contributed by atoms with van der Waals surface area (Å²) in [6.07, 6.45) is 10.5. The number of halogens is 1. The number of allylic oxidation sites excluding steroid dienone is 1. The minimum absolute atomic E-state index is 0.0108. The van der Waals surface area contributed by atoms with Crippen LogP contribution in [0.4, 0.5) is 0 Å². The van der Waals surface area contributed by atoms with Gasteiger partial charge < -0.3 is 24.2 Å². The Bertz CT molecular complexity index is 1330. The van der Waals surface area contributed by atoms with Gasteiger partial charge in [0.15, 0.2) is 5.60 Å². The molecule has 2 atom stereocenters. The Labute approximate surface area is 247 Å². The van der Waals surface area contributed by atoms with Gasteiger partial charge in [-0.15, -0.1) is 0 Å². The van der Waals surface area contributed by atoms with Crippen molar-refractivity contribution in [3.8, 4) is 11.5 Å². The molecule has 0 spiro atoms. The fraction of sp³-hybridized carbons (Fsp3) is 0.455. The molecule has 3 aliphatic heterocycles. The standard InChI is InChI=1S/C33H39ClN2O5/c1-4-39-31(37)32(2,3)41-25-13-14-30-28(21-25)26(27-7-5-17-35-29(27)22-40-30)8-6-18-36-19-15-33(38,16-20-36)23-9-11-24(34)12-10-23/h5,7-14,17,21,27,29,38H,4,6,15-16,18-20,22H2,1-3H3. The molecule has 0 aromatic heterocycles. The van der Waals surface area contributed by atoms with Crippen molar-refractivity contribution < 1.29 is 24.1 Å². The second kappa shape index (κ2) is 12.4. The molecule has 0 saturated carbocycles. The van der Waals surface area contributed by atoms with Crippen LogP contribution in [-0.4, -0.2) is 66.7 Å². The number of rotatable bonds is 8.